The van der Waals surface area contributed by atoms with Crippen molar-refractivity contribution in [2.24, 2.45) is 0 Å². The van der Waals surface area contributed by atoms with Crippen LogP contribution in [0.3, 0.4) is 0 Å². The molecule has 0 atom stereocenters. The number of amides is 1. The highest BCUT2D eigenvalue weighted by atomic mass is 35.5. The molecule has 2 N–H and O–H groups in total. The third-order valence-corrected chi connectivity index (χ3v) is 3.49. The lowest BCUT2D eigenvalue weighted by Gasteiger charge is -2.09. The summed E-state index contributed by atoms with van der Waals surface area (Å²) in [5.41, 5.74) is 1.78. The van der Waals surface area contributed by atoms with Crippen LogP contribution in [0.15, 0.2) is 48.5 Å². The molecule has 24 heavy (non-hydrogen) atoms. The maximum absolute atomic E-state index is 11.9. The van der Waals surface area contributed by atoms with Crippen LogP contribution in [0.25, 0.3) is 0 Å². The SMILES string of the molecule is CCCOC(=O)c1ccc(NCC(=O)Nc2ccccc2Cl)cc1. The van der Waals surface area contributed by atoms with E-state index in [1.165, 1.54) is 0 Å². The van der Waals surface area contributed by atoms with Crippen LogP contribution in [0, 0.1) is 0 Å². The third kappa shape index (κ3) is 5.28. The number of carbonyl (C=O) groups excluding carboxylic acids is 2. The topological polar surface area (TPSA) is 67.4 Å². The summed E-state index contributed by atoms with van der Waals surface area (Å²) in [5.74, 6) is -0.561. The van der Waals surface area contributed by atoms with Gasteiger partial charge in [-0.1, -0.05) is 30.7 Å². The molecule has 0 unspecified atom stereocenters. The summed E-state index contributed by atoms with van der Waals surface area (Å²) in [6, 6.07) is 13.8. The number of carbonyl (C=O) groups is 2. The van der Waals surface area contributed by atoms with Crippen LogP contribution in [0.5, 0.6) is 0 Å². The van der Waals surface area contributed by atoms with Crippen molar-refractivity contribution in [3.05, 3.63) is 59.1 Å². The Morgan fingerprint density at radius 3 is 2.46 bits per heavy atom. The summed E-state index contributed by atoms with van der Waals surface area (Å²) in [4.78, 5) is 23.6. The van der Waals surface area contributed by atoms with Gasteiger partial charge >= 0.3 is 5.97 Å². The minimum Gasteiger partial charge on any atom is -0.462 e. The summed E-state index contributed by atoms with van der Waals surface area (Å²) in [5, 5.41) is 6.20. The summed E-state index contributed by atoms with van der Waals surface area (Å²) in [6.07, 6.45) is 0.784. The Hall–Kier alpha value is -2.53. The van der Waals surface area contributed by atoms with Crippen molar-refractivity contribution in [3.63, 3.8) is 0 Å². The van der Waals surface area contributed by atoms with E-state index in [4.69, 9.17) is 16.3 Å². The van der Waals surface area contributed by atoms with E-state index in [2.05, 4.69) is 10.6 Å². The average molecular weight is 347 g/mol. The van der Waals surface area contributed by atoms with Gasteiger partial charge in [0.15, 0.2) is 0 Å². The zero-order valence-corrected chi connectivity index (χ0v) is 14.1. The molecule has 0 spiro atoms. The fourth-order valence-electron chi connectivity index (χ4n) is 1.94. The number of anilines is 2. The number of hydrogen-bond donors (Lipinski definition) is 2. The molecule has 126 valence electrons. The Bertz CT molecular complexity index is 702. The molecule has 0 aliphatic heterocycles. The van der Waals surface area contributed by atoms with Gasteiger partial charge in [0.2, 0.25) is 5.91 Å². The molecule has 1 amide bonds. The van der Waals surface area contributed by atoms with Gasteiger partial charge in [0, 0.05) is 5.69 Å². The number of para-hydroxylation sites is 1. The lowest BCUT2D eigenvalue weighted by atomic mass is 10.2. The van der Waals surface area contributed by atoms with Crippen molar-refractivity contribution in [2.75, 3.05) is 23.8 Å². The highest BCUT2D eigenvalue weighted by Gasteiger charge is 2.07. The van der Waals surface area contributed by atoms with Crippen molar-refractivity contribution in [3.8, 4) is 0 Å². The summed E-state index contributed by atoms with van der Waals surface area (Å²) in [6.45, 7) is 2.43. The number of benzene rings is 2. The maximum atomic E-state index is 11.9. The molecule has 6 heteroatoms. The van der Waals surface area contributed by atoms with Crippen LogP contribution in [-0.2, 0) is 9.53 Å². The highest BCUT2D eigenvalue weighted by molar-refractivity contribution is 6.33. The number of ether oxygens (including phenoxy) is 1. The Kier molecular flexibility index (Phi) is 6.63. The zero-order valence-electron chi connectivity index (χ0n) is 13.3. The van der Waals surface area contributed by atoms with Crippen molar-refractivity contribution >= 4 is 34.9 Å². The number of hydrogen-bond acceptors (Lipinski definition) is 4. The normalized spacial score (nSPS) is 10.1. The van der Waals surface area contributed by atoms with E-state index < -0.39 is 0 Å². The van der Waals surface area contributed by atoms with Crippen LogP contribution >= 0.6 is 11.6 Å². The van der Waals surface area contributed by atoms with Gasteiger partial charge in [-0.2, -0.15) is 0 Å². The highest BCUT2D eigenvalue weighted by Crippen LogP contribution is 2.20. The van der Waals surface area contributed by atoms with Crippen molar-refractivity contribution < 1.29 is 14.3 Å². The van der Waals surface area contributed by atoms with E-state index in [9.17, 15) is 9.59 Å². The molecule has 0 radical (unpaired) electrons. The fraction of sp³-hybridized carbons (Fsp3) is 0.222. The molecule has 2 rings (SSSR count). The predicted octanol–water partition coefficient (Wildman–Crippen LogP) is 3.96. The van der Waals surface area contributed by atoms with Gasteiger partial charge in [0.05, 0.1) is 29.4 Å². The molecule has 5 nitrogen and oxygen atoms in total. The standard InChI is InChI=1S/C18H19ClN2O3/c1-2-11-24-18(23)13-7-9-14(10-8-13)20-12-17(22)21-16-6-4-3-5-15(16)19/h3-10,20H,2,11-12H2,1H3,(H,21,22). The Morgan fingerprint density at radius 1 is 1.08 bits per heavy atom. The molecule has 0 aliphatic rings. The second kappa shape index (κ2) is 8.93. The summed E-state index contributed by atoms with van der Waals surface area (Å²) >= 11 is 5.99. The largest absolute Gasteiger partial charge is 0.462 e. The van der Waals surface area contributed by atoms with E-state index in [0.717, 1.165) is 12.1 Å². The second-order valence-electron chi connectivity index (χ2n) is 5.09. The van der Waals surface area contributed by atoms with Gasteiger partial charge in [-0.15, -0.1) is 0 Å². The third-order valence-electron chi connectivity index (χ3n) is 3.16. The van der Waals surface area contributed by atoms with Gasteiger partial charge in [-0.25, -0.2) is 4.79 Å². The maximum Gasteiger partial charge on any atom is 0.338 e. The molecule has 0 fully saturated rings. The van der Waals surface area contributed by atoms with Gasteiger partial charge < -0.3 is 15.4 Å². The monoisotopic (exact) mass is 346 g/mol. The minimum atomic E-state index is -0.347. The van der Waals surface area contributed by atoms with E-state index in [-0.39, 0.29) is 18.4 Å². The molecule has 2 aromatic rings. The smallest absolute Gasteiger partial charge is 0.338 e. The van der Waals surface area contributed by atoms with E-state index in [1.807, 2.05) is 6.92 Å². The number of esters is 1. The zero-order chi connectivity index (χ0) is 17.4. The van der Waals surface area contributed by atoms with Crippen LogP contribution in [0.4, 0.5) is 11.4 Å². The second-order valence-corrected chi connectivity index (χ2v) is 5.50. The van der Waals surface area contributed by atoms with Crippen LogP contribution in [0.2, 0.25) is 5.02 Å². The lowest BCUT2D eigenvalue weighted by molar-refractivity contribution is -0.114. The Balaban J connectivity index is 1.85. The van der Waals surface area contributed by atoms with Crippen LogP contribution < -0.4 is 10.6 Å². The predicted molar refractivity (Wildman–Crippen MR) is 95.6 cm³/mol. The molecule has 0 saturated carbocycles. The fourth-order valence-corrected chi connectivity index (χ4v) is 2.12. The van der Waals surface area contributed by atoms with Crippen molar-refractivity contribution in [2.45, 2.75) is 13.3 Å². The quantitative estimate of drug-likeness (QED) is 0.745. The van der Waals surface area contributed by atoms with E-state index in [1.54, 1.807) is 48.5 Å². The molecular formula is C18H19ClN2O3. The van der Waals surface area contributed by atoms with Crippen molar-refractivity contribution in [1.29, 1.82) is 0 Å². The van der Waals surface area contributed by atoms with Crippen molar-refractivity contribution in [1.82, 2.24) is 0 Å². The van der Waals surface area contributed by atoms with Gasteiger partial charge in [-0.3, -0.25) is 4.79 Å². The summed E-state index contributed by atoms with van der Waals surface area (Å²) in [7, 11) is 0. The first kappa shape index (κ1) is 17.8. The molecule has 0 bridgehead atoms. The lowest BCUT2D eigenvalue weighted by Crippen LogP contribution is -2.21. The first-order valence-corrected chi connectivity index (χ1v) is 8.03. The van der Waals surface area contributed by atoms with E-state index in [0.29, 0.717) is 22.9 Å². The molecular weight excluding hydrogens is 328 g/mol. The number of rotatable bonds is 7. The molecule has 2 aromatic carbocycles. The molecule has 0 saturated heterocycles. The Labute approximate surface area is 146 Å². The van der Waals surface area contributed by atoms with Gasteiger partial charge in [0.1, 0.15) is 0 Å². The first-order valence-electron chi connectivity index (χ1n) is 7.65. The Morgan fingerprint density at radius 2 is 1.79 bits per heavy atom. The van der Waals surface area contributed by atoms with Gasteiger partial charge in [-0.05, 0) is 42.8 Å². The number of halogens is 1. The molecule has 0 heterocycles. The van der Waals surface area contributed by atoms with E-state index >= 15 is 0 Å². The summed E-state index contributed by atoms with van der Waals surface area (Å²) < 4.78 is 5.06. The minimum absolute atomic E-state index is 0.0881. The first-order chi connectivity index (χ1) is 11.6. The molecule has 0 aliphatic carbocycles. The average Bonchev–Trinajstić information content (AvgIpc) is 2.60. The van der Waals surface area contributed by atoms with Crippen LogP contribution in [-0.4, -0.2) is 25.0 Å². The van der Waals surface area contributed by atoms with Gasteiger partial charge in [0.25, 0.3) is 0 Å². The van der Waals surface area contributed by atoms with Crippen LogP contribution in [0.1, 0.15) is 23.7 Å². The number of nitrogens with one attached hydrogen (secondary N) is 2. The molecule has 0 aromatic heterocycles.